The molecule has 120 valence electrons. The fourth-order valence-corrected chi connectivity index (χ4v) is 3.78. The van der Waals surface area contributed by atoms with Gasteiger partial charge < -0.3 is 15.3 Å². The van der Waals surface area contributed by atoms with Gasteiger partial charge in [-0.3, -0.25) is 4.79 Å². The second-order valence-corrected chi connectivity index (χ2v) is 6.93. The predicted octanol–water partition coefficient (Wildman–Crippen LogP) is 2.71. The SMILES string of the molecule is CC1CCCC(CNC(=O)N2CCC(C(=O)O)CC2C)C1. The monoisotopic (exact) mass is 296 g/mol. The molecular formula is C16H28N2O3. The summed E-state index contributed by atoms with van der Waals surface area (Å²) in [4.78, 5) is 25.1. The van der Waals surface area contributed by atoms with E-state index in [1.807, 2.05) is 6.92 Å². The van der Waals surface area contributed by atoms with Crippen molar-refractivity contribution >= 4 is 12.0 Å². The molecule has 2 rings (SSSR count). The predicted molar refractivity (Wildman–Crippen MR) is 81.0 cm³/mol. The minimum atomic E-state index is -0.738. The normalized spacial score (nSPS) is 33.5. The van der Waals surface area contributed by atoms with E-state index in [0.717, 1.165) is 12.5 Å². The number of carboxylic acid groups (broad SMARTS) is 1. The van der Waals surface area contributed by atoms with Gasteiger partial charge in [-0.15, -0.1) is 0 Å². The molecule has 21 heavy (non-hydrogen) atoms. The molecule has 1 saturated heterocycles. The molecule has 2 aliphatic rings. The summed E-state index contributed by atoms with van der Waals surface area (Å²) in [6, 6.07) is -0.0188. The number of piperidine rings is 1. The average molecular weight is 296 g/mol. The molecule has 0 aromatic heterocycles. The number of carbonyl (C=O) groups is 2. The summed E-state index contributed by atoms with van der Waals surface area (Å²) < 4.78 is 0. The molecule has 1 aliphatic heterocycles. The van der Waals surface area contributed by atoms with E-state index in [1.165, 1.54) is 25.7 Å². The topological polar surface area (TPSA) is 69.6 Å². The Hall–Kier alpha value is -1.26. The Bertz CT molecular complexity index is 386. The van der Waals surface area contributed by atoms with E-state index in [1.54, 1.807) is 4.90 Å². The van der Waals surface area contributed by atoms with Gasteiger partial charge in [-0.2, -0.15) is 0 Å². The molecule has 5 heteroatoms. The van der Waals surface area contributed by atoms with E-state index in [-0.39, 0.29) is 18.0 Å². The van der Waals surface area contributed by atoms with Gasteiger partial charge >= 0.3 is 12.0 Å². The second kappa shape index (κ2) is 7.14. The first-order valence-corrected chi connectivity index (χ1v) is 8.24. The van der Waals surface area contributed by atoms with Crippen LogP contribution in [0.1, 0.15) is 52.4 Å². The minimum absolute atomic E-state index is 0.00475. The Morgan fingerprint density at radius 3 is 2.57 bits per heavy atom. The Morgan fingerprint density at radius 2 is 1.95 bits per heavy atom. The molecule has 2 N–H and O–H groups in total. The smallest absolute Gasteiger partial charge is 0.317 e. The number of urea groups is 1. The number of hydrogen-bond donors (Lipinski definition) is 2. The zero-order chi connectivity index (χ0) is 15.4. The Labute approximate surface area is 127 Å². The van der Waals surface area contributed by atoms with Crippen LogP contribution < -0.4 is 5.32 Å². The fourth-order valence-electron chi connectivity index (χ4n) is 3.78. The van der Waals surface area contributed by atoms with E-state index in [0.29, 0.717) is 25.3 Å². The molecule has 1 heterocycles. The molecule has 2 amide bonds. The van der Waals surface area contributed by atoms with Gasteiger partial charge in [0.1, 0.15) is 0 Å². The third kappa shape index (κ3) is 4.35. The third-order valence-electron chi connectivity index (χ3n) is 5.07. The molecule has 1 saturated carbocycles. The fraction of sp³-hybridized carbons (Fsp3) is 0.875. The van der Waals surface area contributed by atoms with Crippen LogP contribution in [0.2, 0.25) is 0 Å². The van der Waals surface area contributed by atoms with Crippen molar-refractivity contribution in [1.29, 1.82) is 0 Å². The van der Waals surface area contributed by atoms with Crippen molar-refractivity contribution in [2.24, 2.45) is 17.8 Å². The molecule has 0 aromatic carbocycles. The standard InChI is InChI=1S/C16H28N2O3/c1-11-4-3-5-13(8-11)10-17-16(21)18-7-6-14(15(19)20)9-12(18)2/h11-14H,3-10H2,1-2H3,(H,17,21)(H,19,20). The summed E-state index contributed by atoms with van der Waals surface area (Å²) in [6.45, 7) is 5.53. The van der Waals surface area contributed by atoms with Gasteiger partial charge in [0.25, 0.3) is 0 Å². The van der Waals surface area contributed by atoms with Gasteiger partial charge in [0, 0.05) is 19.1 Å². The van der Waals surface area contributed by atoms with Gasteiger partial charge in [-0.05, 0) is 44.4 Å². The molecule has 5 nitrogen and oxygen atoms in total. The lowest BCUT2D eigenvalue weighted by atomic mass is 9.82. The molecule has 0 aromatic rings. The quantitative estimate of drug-likeness (QED) is 0.841. The van der Waals surface area contributed by atoms with Crippen molar-refractivity contribution in [2.45, 2.75) is 58.4 Å². The van der Waals surface area contributed by atoms with E-state index >= 15 is 0 Å². The number of rotatable bonds is 3. The van der Waals surface area contributed by atoms with Crippen LogP contribution in [0, 0.1) is 17.8 Å². The summed E-state index contributed by atoms with van der Waals surface area (Å²) in [6.07, 6.45) is 6.11. The maximum Gasteiger partial charge on any atom is 0.317 e. The highest BCUT2D eigenvalue weighted by molar-refractivity contribution is 5.75. The van der Waals surface area contributed by atoms with Crippen LogP contribution in [0.15, 0.2) is 0 Å². The highest BCUT2D eigenvalue weighted by Crippen LogP contribution is 2.28. The second-order valence-electron chi connectivity index (χ2n) is 6.93. The van der Waals surface area contributed by atoms with Crippen LogP contribution in [0.4, 0.5) is 4.79 Å². The van der Waals surface area contributed by atoms with E-state index in [2.05, 4.69) is 12.2 Å². The Balaban J connectivity index is 1.77. The van der Waals surface area contributed by atoms with Crippen LogP contribution in [-0.4, -0.2) is 41.1 Å². The number of nitrogens with one attached hydrogen (secondary N) is 1. The largest absolute Gasteiger partial charge is 0.481 e. The number of likely N-dealkylation sites (tertiary alicyclic amines) is 1. The number of carbonyl (C=O) groups excluding carboxylic acids is 1. The van der Waals surface area contributed by atoms with E-state index < -0.39 is 5.97 Å². The average Bonchev–Trinajstić information content (AvgIpc) is 2.44. The van der Waals surface area contributed by atoms with Crippen molar-refractivity contribution in [3.63, 3.8) is 0 Å². The van der Waals surface area contributed by atoms with Crippen molar-refractivity contribution in [1.82, 2.24) is 10.2 Å². The van der Waals surface area contributed by atoms with Crippen molar-refractivity contribution in [3.05, 3.63) is 0 Å². The number of carboxylic acids is 1. The number of aliphatic carboxylic acids is 1. The van der Waals surface area contributed by atoms with Gasteiger partial charge in [-0.1, -0.05) is 19.8 Å². The first-order valence-electron chi connectivity index (χ1n) is 8.24. The summed E-state index contributed by atoms with van der Waals surface area (Å²) in [7, 11) is 0. The first kappa shape index (κ1) is 16.1. The summed E-state index contributed by atoms with van der Waals surface area (Å²) in [5, 5.41) is 12.1. The number of hydrogen-bond acceptors (Lipinski definition) is 2. The lowest BCUT2D eigenvalue weighted by Crippen LogP contribution is -2.51. The molecule has 4 unspecified atom stereocenters. The summed E-state index contributed by atoms with van der Waals surface area (Å²) >= 11 is 0. The Morgan fingerprint density at radius 1 is 1.19 bits per heavy atom. The van der Waals surface area contributed by atoms with E-state index in [4.69, 9.17) is 5.11 Å². The molecule has 2 fully saturated rings. The maximum absolute atomic E-state index is 12.3. The van der Waals surface area contributed by atoms with Crippen molar-refractivity contribution in [3.8, 4) is 0 Å². The van der Waals surface area contributed by atoms with Crippen LogP contribution in [0.5, 0.6) is 0 Å². The molecular weight excluding hydrogens is 268 g/mol. The van der Waals surface area contributed by atoms with Gasteiger partial charge in [0.15, 0.2) is 0 Å². The van der Waals surface area contributed by atoms with Gasteiger partial charge in [0.05, 0.1) is 5.92 Å². The third-order valence-corrected chi connectivity index (χ3v) is 5.07. The van der Waals surface area contributed by atoms with E-state index in [9.17, 15) is 9.59 Å². The van der Waals surface area contributed by atoms with Crippen LogP contribution >= 0.6 is 0 Å². The summed E-state index contributed by atoms with van der Waals surface area (Å²) in [5.41, 5.74) is 0. The van der Waals surface area contributed by atoms with Crippen LogP contribution in [0.3, 0.4) is 0 Å². The minimum Gasteiger partial charge on any atom is -0.481 e. The zero-order valence-corrected chi connectivity index (χ0v) is 13.2. The zero-order valence-electron chi connectivity index (χ0n) is 13.2. The highest BCUT2D eigenvalue weighted by Gasteiger charge is 2.32. The maximum atomic E-state index is 12.3. The van der Waals surface area contributed by atoms with Gasteiger partial charge in [-0.25, -0.2) is 4.79 Å². The molecule has 0 radical (unpaired) electrons. The summed E-state index contributed by atoms with van der Waals surface area (Å²) in [5.74, 6) is 0.330. The lowest BCUT2D eigenvalue weighted by Gasteiger charge is -2.36. The molecule has 0 bridgehead atoms. The van der Waals surface area contributed by atoms with Crippen molar-refractivity contribution in [2.75, 3.05) is 13.1 Å². The van der Waals surface area contributed by atoms with Crippen LogP contribution in [0.25, 0.3) is 0 Å². The molecule has 4 atom stereocenters. The van der Waals surface area contributed by atoms with Crippen LogP contribution in [-0.2, 0) is 4.79 Å². The number of amides is 2. The molecule has 0 spiro atoms. The first-order chi connectivity index (χ1) is 9.97. The highest BCUT2D eigenvalue weighted by atomic mass is 16.4. The van der Waals surface area contributed by atoms with Gasteiger partial charge in [0.2, 0.25) is 0 Å². The lowest BCUT2D eigenvalue weighted by molar-refractivity contribution is -0.143. The van der Waals surface area contributed by atoms with Crippen molar-refractivity contribution < 1.29 is 14.7 Å². The molecule has 1 aliphatic carbocycles. The number of nitrogens with zero attached hydrogens (tertiary/aromatic N) is 1. The Kier molecular flexibility index (Phi) is 5.48.